The van der Waals surface area contributed by atoms with Gasteiger partial charge in [-0.1, -0.05) is 0 Å². The summed E-state index contributed by atoms with van der Waals surface area (Å²) in [6.07, 6.45) is 46.5. The van der Waals surface area contributed by atoms with Crippen LogP contribution < -0.4 is 0 Å². The van der Waals surface area contributed by atoms with Crippen molar-refractivity contribution >= 4 is 12.4 Å². The average Bonchev–Trinajstić information content (AvgIpc) is 3.01. The normalized spacial score (nSPS) is 11.5. The average molecular weight is 774 g/mol. The van der Waals surface area contributed by atoms with E-state index in [1.807, 2.05) is 0 Å². The molecular formula is C40H85ClN2Nd. The van der Waals surface area contributed by atoms with Crippen molar-refractivity contribution in [3.05, 3.63) is 0 Å². The van der Waals surface area contributed by atoms with Crippen LogP contribution in [0.1, 0.15) is 233 Å². The molecule has 266 valence electrons. The van der Waals surface area contributed by atoms with E-state index in [0.29, 0.717) is 0 Å². The van der Waals surface area contributed by atoms with E-state index in [9.17, 15) is 0 Å². The predicted octanol–water partition coefficient (Wildman–Crippen LogP) is 14.5. The molecule has 0 radical (unpaired) electrons. The van der Waals surface area contributed by atoms with Crippen LogP contribution in [0.4, 0.5) is 0 Å². The second-order valence-corrected chi connectivity index (χ2v) is 18.7. The Morgan fingerprint density at radius 2 is 0.409 bits per heavy atom. The van der Waals surface area contributed by atoms with Crippen LogP contribution in [0.5, 0.6) is 0 Å². The second kappa shape index (κ2) is 42.6. The van der Waals surface area contributed by atoms with Crippen LogP contribution in [0.3, 0.4) is 0 Å². The molecule has 0 aliphatic heterocycles. The van der Waals surface area contributed by atoms with Gasteiger partial charge in [-0.05, 0) is 0 Å². The molecule has 2 nitrogen and oxygen atoms in total. The first-order chi connectivity index (χ1) is 21.3. The van der Waals surface area contributed by atoms with Gasteiger partial charge in [0, 0.05) is 0 Å². The fourth-order valence-corrected chi connectivity index (χ4v) is 11.0. The molecule has 4 heteroatoms. The molecule has 0 aliphatic carbocycles. The van der Waals surface area contributed by atoms with Crippen LogP contribution in [0.25, 0.3) is 0 Å². The summed E-state index contributed by atoms with van der Waals surface area (Å²) in [5, 5.41) is 0. The molecule has 0 fully saturated rings. The van der Waals surface area contributed by atoms with E-state index in [1.165, 1.54) is 232 Å². The van der Waals surface area contributed by atoms with E-state index in [0.717, 1.165) is 0 Å². The van der Waals surface area contributed by atoms with Gasteiger partial charge in [0.05, 0.1) is 0 Å². The Morgan fingerprint density at radius 3 is 0.591 bits per heavy atom. The summed E-state index contributed by atoms with van der Waals surface area (Å²) in [6, 6.07) is 0. The van der Waals surface area contributed by atoms with Gasteiger partial charge in [0.1, 0.15) is 0 Å². The molecule has 0 saturated carbocycles. The Balaban J connectivity index is 0. The minimum Gasteiger partial charge on any atom is -0.147 e. The molecule has 0 amide bonds. The van der Waals surface area contributed by atoms with Gasteiger partial charge in [-0.25, -0.2) is 0 Å². The Kier molecular flexibility index (Phi) is 46.1. The predicted molar refractivity (Wildman–Crippen MR) is 201 cm³/mol. The van der Waals surface area contributed by atoms with Crippen molar-refractivity contribution in [2.75, 3.05) is 26.2 Å². The second-order valence-electron chi connectivity index (χ2n) is 14.0. The maximum atomic E-state index is 3.07. The molecule has 0 aromatic heterocycles. The van der Waals surface area contributed by atoms with Gasteiger partial charge >= 0.3 is 299 Å². The van der Waals surface area contributed by atoms with Crippen LogP contribution in [-0.2, 0) is 0 Å². The van der Waals surface area contributed by atoms with Crippen molar-refractivity contribution in [2.24, 2.45) is 0 Å². The minimum absolute atomic E-state index is 0. The maximum Gasteiger partial charge on any atom is -0.147 e. The van der Waals surface area contributed by atoms with Crippen LogP contribution in [-0.4, -0.2) is 28.1 Å². The van der Waals surface area contributed by atoms with E-state index in [1.54, 1.807) is 0 Å². The maximum absolute atomic E-state index is 3.07. The molecule has 0 aliphatic rings. The van der Waals surface area contributed by atoms with Crippen molar-refractivity contribution in [3.63, 3.8) is 0 Å². The van der Waals surface area contributed by atoms with Crippen LogP contribution in [0, 0.1) is 37.5 Å². The van der Waals surface area contributed by atoms with Gasteiger partial charge < -0.3 is 0 Å². The third-order valence-electron chi connectivity index (χ3n) is 9.41. The summed E-state index contributed by atoms with van der Waals surface area (Å²) in [4.78, 5) is 0. The molecule has 0 heterocycles. The van der Waals surface area contributed by atoms with Gasteiger partial charge in [0.25, 0.3) is 0 Å². The van der Waals surface area contributed by atoms with Gasteiger partial charge in [0.15, 0.2) is 0 Å². The Bertz CT molecular complexity index is 410. The Hall–Kier alpha value is 1.56. The number of hydrogen-bond acceptors (Lipinski definition) is 2. The van der Waals surface area contributed by atoms with E-state index < -0.39 is 37.5 Å². The molecule has 0 saturated heterocycles. The van der Waals surface area contributed by atoms with E-state index in [-0.39, 0.29) is 12.4 Å². The number of unbranched alkanes of at least 4 members (excludes halogenated alkanes) is 28. The van der Waals surface area contributed by atoms with E-state index >= 15 is 0 Å². The zero-order chi connectivity index (χ0) is 31.3. The molecule has 0 atom stereocenters. The summed E-state index contributed by atoms with van der Waals surface area (Å²) in [5.74, 6) is 0. The molecule has 0 unspecified atom stereocenters. The number of nitrogens with zero attached hydrogens (tertiary/aromatic N) is 2. The summed E-state index contributed by atoms with van der Waals surface area (Å²) >= 11 is -0.910. The fourth-order valence-electron chi connectivity index (χ4n) is 6.37. The molecule has 0 rings (SSSR count). The zero-order valence-corrected chi connectivity index (χ0v) is 35.3. The van der Waals surface area contributed by atoms with Crippen LogP contribution in [0.15, 0.2) is 0 Å². The van der Waals surface area contributed by atoms with Gasteiger partial charge in [0.2, 0.25) is 0 Å². The van der Waals surface area contributed by atoms with Gasteiger partial charge in [-0.2, -0.15) is 0 Å². The third kappa shape index (κ3) is 38.0. The largest absolute Gasteiger partial charge is 0.147 e. The fraction of sp³-hybridized carbons (Fsp3) is 1.00. The summed E-state index contributed by atoms with van der Waals surface area (Å²) in [5.41, 5.74) is 0. The standard InChI is InChI=1S/2C20H42N.ClH.Nd/c2*1-3-5-7-9-11-13-15-17-19-21-20-18-16-14-12-10-8-6-4-2;;/h2*3-20H2,1-2H3;1H;/q2*-1;;+2. The van der Waals surface area contributed by atoms with Crippen molar-refractivity contribution in [1.29, 1.82) is 0 Å². The quantitative estimate of drug-likeness (QED) is 0.0577. The topological polar surface area (TPSA) is 6.48 Å². The molecule has 0 aromatic rings. The Morgan fingerprint density at radius 1 is 0.250 bits per heavy atom. The van der Waals surface area contributed by atoms with Crippen LogP contribution in [0.2, 0.25) is 0 Å². The SMILES string of the molecule is CCCCCCCCCC[N](CCCCCCCCCC)[Nd][N](CCCCCCCCCC)CCCCCCCCCC.Cl. The first-order valence-corrected chi connectivity index (χ1v) is 23.4. The number of hydrogen-bond donors (Lipinski definition) is 0. The molecular weight excluding hydrogens is 688 g/mol. The smallest absolute Gasteiger partial charge is 0.147 e. The van der Waals surface area contributed by atoms with Gasteiger partial charge in [-0.15, -0.1) is 12.4 Å². The molecule has 0 bridgehead atoms. The van der Waals surface area contributed by atoms with Crippen molar-refractivity contribution < 1.29 is 37.5 Å². The Labute approximate surface area is 308 Å². The van der Waals surface area contributed by atoms with E-state index in [4.69, 9.17) is 0 Å². The summed E-state index contributed by atoms with van der Waals surface area (Å²) in [6.45, 7) is 15.0. The first kappa shape index (κ1) is 47.7. The number of halogens is 1. The van der Waals surface area contributed by atoms with E-state index in [2.05, 4.69) is 29.7 Å². The van der Waals surface area contributed by atoms with Crippen molar-refractivity contribution in [2.45, 2.75) is 233 Å². The monoisotopic (exact) mass is 771 g/mol. The molecule has 44 heavy (non-hydrogen) atoms. The van der Waals surface area contributed by atoms with Gasteiger partial charge in [-0.3, -0.25) is 0 Å². The van der Waals surface area contributed by atoms with Crippen LogP contribution >= 0.6 is 12.4 Å². The van der Waals surface area contributed by atoms with Crippen molar-refractivity contribution in [1.82, 2.24) is 1.97 Å². The summed E-state index contributed by atoms with van der Waals surface area (Å²) < 4.78 is 6.15. The summed E-state index contributed by atoms with van der Waals surface area (Å²) in [7, 11) is 0. The zero-order valence-electron chi connectivity index (χ0n) is 31.3. The first-order valence-electron chi connectivity index (χ1n) is 20.5. The third-order valence-corrected chi connectivity index (χ3v) is 14.1. The van der Waals surface area contributed by atoms with Crippen molar-refractivity contribution in [3.8, 4) is 0 Å². The number of rotatable bonds is 38. The molecule has 0 spiro atoms. The minimum atomic E-state index is -0.910. The molecule has 0 N–H and O–H groups in total. The molecule has 0 aromatic carbocycles.